The first-order chi connectivity index (χ1) is 12.8. The highest BCUT2D eigenvalue weighted by Gasteiger charge is 2.31. The molecule has 0 amide bonds. The van der Waals surface area contributed by atoms with Crippen molar-refractivity contribution in [2.24, 2.45) is 23.7 Å². The molecule has 0 saturated heterocycles. The van der Waals surface area contributed by atoms with E-state index in [1.165, 1.54) is 77.0 Å². The molecule has 0 radical (unpaired) electrons. The van der Waals surface area contributed by atoms with E-state index in [0.717, 1.165) is 41.9 Å². The minimum absolute atomic E-state index is 0.792. The molecule has 3 aliphatic rings. The quantitative estimate of drug-likeness (QED) is 0.497. The normalized spacial score (nSPS) is 32.3. The van der Waals surface area contributed by atoms with Crippen LogP contribution in [0.2, 0.25) is 0 Å². The van der Waals surface area contributed by atoms with Gasteiger partial charge in [-0.05, 0) is 98.7 Å². The van der Waals surface area contributed by atoms with Gasteiger partial charge in [-0.25, -0.2) is 0 Å². The second-order valence-corrected chi connectivity index (χ2v) is 9.50. The van der Waals surface area contributed by atoms with E-state index in [4.69, 9.17) is 4.74 Å². The lowest BCUT2D eigenvalue weighted by atomic mass is 9.68. The summed E-state index contributed by atoms with van der Waals surface area (Å²) in [5.74, 6) is 5.81. The molecule has 0 unspecified atom stereocenters. The van der Waals surface area contributed by atoms with Crippen molar-refractivity contribution in [1.29, 1.82) is 0 Å². The van der Waals surface area contributed by atoms with E-state index in [1.54, 1.807) is 5.56 Å². The minimum Gasteiger partial charge on any atom is -0.493 e. The Bertz CT molecular complexity index is 528. The van der Waals surface area contributed by atoms with Crippen LogP contribution < -0.4 is 4.74 Å². The third-order valence-corrected chi connectivity index (χ3v) is 7.56. The lowest BCUT2D eigenvalue weighted by Gasteiger charge is -2.38. The number of ether oxygens (including phenoxy) is 1. The summed E-state index contributed by atoms with van der Waals surface area (Å²) in [5.41, 5.74) is 1.55. The van der Waals surface area contributed by atoms with Gasteiger partial charge in [0.05, 0.1) is 6.61 Å². The van der Waals surface area contributed by atoms with Gasteiger partial charge in [0.2, 0.25) is 0 Å². The maximum Gasteiger partial charge on any atom is 0.119 e. The highest BCUT2D eigenvalue weighted by Crippen LogP contribution is 2.44. The molecule has 0 atom stereocenters. The molecule has 1 nitrogen and oxygen atoms in total. The molecule has 26 heavy (non-hydrogen) atoms. The molecule has 1 heteroatoms. The molecule has 3 fully saturated rings. The van der Waals surface area contributed by atoms with Gasteiger partial charge >= 0.3 is 0 Å². The van der Waals surface area contributed by atoms with Crippen LogP contribution in [-0.2, 0) is 0 Å². The van der Waals surface area contributed by atoms with Crippen LogP contribution in [-0.4, -0.2) is 6.61 Å². The van der Waals surface area contributed by atoms with Crippen molar-refractivity contribution in [3.63, 3.8) is 0 Å². The molecule has 0 bridgehead atoms. The van der Waals surface area contributed by atoms with Crippen LogP contribution in [0.15, 0.2) is 24.3 Å². The summed E-state index contributed by atoms with van der Waals surface area (Å²) in [6, 6.07) is 9.09. The zero-order valence-electron chi connectivity index (χ0n) is 16.8. The van der Waals surface area contributed by atoms with Crippen LogP contribution in [0.4, 0.5) is 0 Å². The summed E-state index contributed by atoms with van der Waals surface area (Å²) < 4.78 is 5.89. The third kappa shape index (κ3) is 4.84. The smallest absolute Gasteiger partial charge is 0.119 e. The summed E-state index contributed by atoms with van der Waals surface area (Å²) in [6.07, 6.45) is 17.4. The third-order valence-electron chi connectivity index (χ3n) is 7.56. The van der Waals surface area contributed by atoms with Crippen molar-refractivity contribution in [2.75, 3.05) is 6.61 Å². The van der Waals surface area contributed by atoms with Crippen LogP contribution in [0.3, 0.4) is 0 Å². The van der Waals surface area contributed by atoms with Gasteiger partial charge in [-0.3, -0.25) is 0 Å². The Labute approximate surface area is 160 Å². The second-order valence-electron chi connectivity index (χ2n) is 9.50. The number of hydrogen-bond acceptors (Lipinski definition) is 1. The fourth-order valence-electron chi connectivity index (χ4n) is 5.62. The van der Waals surface area contributed by atoms with Gasteiger partial charge < -0.3 is 4.74 Å². The fraction of sp³-hybridized carbons (Fsp3) is 0.760. The Hall–Kier alpha value is -0.980. The summed E-state index contributed by atoms with van der Waals surface area (Å²) >= 11 is 0. The van der Waals surface area contributed by atoms with Crippen molar-refractivity contribution in [3.8, 4) is 5.75 Å². The molecule has 0 N–H and O–H groups in total. The fourth-order valence-corrected chi connectivity index (χ4v) is 5.62. The maximum absolute atomic E-state index is 5.89. The lowest BCUT2D eigenvalue weighted by Crippen LogP contribution is -2.25. The monoisotopic (exact) mass is 354 g/mol. The zero-order valence-corrected chi connectivity index (χ0v) is 16.8. The predicted molar refractivity (Wildman–Crippen MR) is 110 cm³/mol. The van der Waals surface area contributed by atoms with E-state index < -0.39 is 0 Å². The number of benzene rings is 1. The SMILES string of the molecule is CCCC1CCC(C2CCC(c3ccc(OCC4CC4)cc3)CC2)CC1. The van der Waals surface area contributed by atoms with Gasteiger partial charge in [-0.1, -0.05) is 44.7 Å². The van der Waals surface area contributed by atoms with E-state index in [-0.39, 0.29) is 0 Å². The Morgan fingerprint density at radius 3 is 1.88 bits per heavy atom. The molecule has 3 aliphatic carbocycles. The molecule has 3 saturated carbocycles. The first-order valence-corrected chi connectivity index (χ1v) is 11.5. The van der Waals surface area contributed by atoms with Crippen molar-refractivity contribution >= 4 is 0 Å². The highest BCUT2D eigenvalue weighted by molar-refractivity contribution is 5.29. The summed E-state index contributed by atoms with van der Waals surface area (Å²) in [6.45, 7) is 3.27. The van der Waals surface area contributed by atoms with Gasteiger partial charge in [0.1, 0.15) is 5.75 Å². The van der Waals surface area contributed by atoms with E-state index in [2.05, 4.69) is 31.2 Å². The predicted octanol–water partition coefficient (Wildman–Crippen LogP) is 7.36. The molecular weight excluding hydrogens is 316 g/mol. The van der Waals surface area contributed by atoms with E-state index in [0.29, 0.717) is 0 Å². The van der Waals surface area contributed by atoms with E-state index >= 15 is 0 Å². The van der Waals surface area contributed by atoms with Crippen molar-refractivity contribution in [1.82, 2.24) is 0 Å². The zero-order chi connectivity index (χ0) is 17.8. The maximum atomic E-state index is 5.89. The molecule has 0 aromatic heterocycles. The largest absolute Gasteiger partial charge is 0.493 e. The molecule has 1 aromatic carbocycles. The van der Waals surface area contributed by atoms with Gasteiger partial charge in [0, 0.05) is 0 Å². The molecule has 0 aliphatic heterocycles. The van der Waals surface area contributed by atoms with Gasteiger partial charge in [-0.15, -0.1) is 0 Å². The Kier molecular flexibility index (Phi) is 6.23. The average molecular weight is 355 g/mol. The van der Waals surface area contributed by atoms with Crippen molar-refractivity contribution < 1.29 is 4.74 Å². The Morgan fingerprint density at radius 1 is 0.731 bits per heavy atom. The first-order valence-electron chi connectivity index (χ1n) is 11.5. The molecule has 4 rings (SSSR count). The van der Waals surface area contributed by atoms with Gasteiger partial charge in [-0.2, -0.15) is 0 Å². The van der Waals surface area contributed by atoms with Crippen LogP contribution in [0.25, 0.3) is 0 Å². The van der Waals surface area contributed by atoms with Crippen LogP contribution in [0.1, 0.15) is 95.5 Å². The van der Waals surface area contributed by atoms with Crippen LogP contribution in [0.5, 0.6) is 5.75 Å². The molecule has 144 valence electrons. The molecule has 0 spiro atoms. The van der Waals surface area contributed by atoms with E-state index in [1.807, 2.05) is 0 Å². The summed E-state index contributed by atoms with van der Waals surface area (Å²) in [4.78, 5) is 0. The molecule has 1 aromatic rings. The average Bonchev–Trinajstić information content (AvgIpc) is 3.52. The minimum atomic E-state index is 0.792. The Balaban J connectivity index is 1.22. The summed E-state index contributed by atoms with van der Waals surface area (Å²) in [5, 5.41) is 0. The Morgan fingerprint density at radius 2 is 1.31 bits per heavy atom. The topological polar surface area (TPSA) is 9.23 Å². The van der Waals surface area contributed by atoms with Crippen molar-refractivity contribution in [2.45, 2.75) is 89.9 Å². The molecular formula is C25H38O. The van der Waals surface area contributed by atoms with Crippen molar-refractivity contribution in [3.05, 3.63) is 29.8 Å². The van der Waals surface area contributed by atoms with E-state index in [9.17, 15) is 0 Å². The van der Waals surface area contributed by atoms with Crippen LogP contribution in [0, 0.1) is 23.7 Å². The van der Waals surface area contributed by atoms with Gasteiger partial charge in [0.15, 0.2) is 0 Å². The lowest BCUT2D eigenvalue weighted by molar-refractivity contribution is 0.156. The van der Waals surface area contributed by atoms with Gasteiger partial charge in [0.25, 0.3) is 0 Å². The second kappa shape index (κ2) is 8.81. The highest BCUT2D eigenvalue weighted by atomic mass is 16.5. The van der Waals surface area contributed by atoms with Crippen LogP contribution >= 0.6 is 0 Å². The summed E-state index contributed by atoms with van der Waals surface area (Å²) in [7, 11) is 0. The first kappa shape index (κ1) is 18.4. The molecule has 0 heterocycles. The standard InChI is InChI=1S/C25H38O/c1-2-3-19-6-8-21(9-7-19)22-10-12-23(13-11-22)24-14-16-25(17-15-24)26-18-20-4-5-20/h14-17,19-23H,2-13,18H2,1H3. The number of rotatable bonds is 7. The number of hydrogen-bond donors (Lipinski definition) is 0.